The highest BCUT2D eigenvalue weighted by Gasteiger charge is 2.30. The van der Waals surface area contributed by atoms with Gasteiger partial charge in [0.25, 0.3) is 0 Å². The molecule has 0 aromatic carbocycles. The van der Waals surface area contributed by atoms with Crippen molar-refractivity contribution < 1.29 is 29.1 Å². The fourth-order valence-corrected chi connectivity index (χ4v) is 3.27. The minimum absolute atomic E-state index is 0.0109. The summed E-state index contributed by atoms with van der Waals surface area (Å²) in [7, 11) is 0. The van der Waals surface area contributed by atoms with Crippen molar-refractivity contribution in [3.8, 4) is 0 Å². The minimum Gasteiger partial charge on any atom is -0.480 e. The Kier molecular flexibility index (Phi) is 12.0. The van der Waals surface area contributed by atoms with Gasteiger partial charge in [-0.05, 0) is 24.2 Å². The number of hydrogen-bond donors (Lipinski definition) is 6. The molecule has 0 fully saturated rings. The number of hydrogen-bond acceptors (Lipinski definition) is 5. The van der Waals surface area contributed by atoms with Gasteiger partial charge in [-0.1, -0.05) is 59.8 Å². The molecule has 0 aliphatic carbocycles. The molecule has 0 spiro atoms. The molecule has 0 aromatic rings. The molecular weight excluding hydrogens is 454 g/mol. The summed E-state index contributed by atoms with van der Waals surface area (Å²) in [5.74, 6) is -3.20. The first-order valence-corrected chi connectivity index (χ1v) is 11.9. The van der Waals surface area contributed by atoms with E-state index in [1.54, 1.807) is 45.9 Å². The molecule has 11 heteroatoms. The maximum Gasteiger partial charge on any atom is 0.326 e. The van der Waals surface area contributed by atoms with Crippen LogP contribution in [0, 0.1) is 17.8 Å². The molecule has 1 aliphatic rings. The predicted molar refractivity (Wildman–Crippen MR) is 131 cm³/mol. The quantitative estimate of drug-likeness (QED) is 0.272. The van der Waals surface area contributed by atoms with Crippen molar-refractivity contribution >= 4 is 29.7 Å². The number of amides is 5. The molecule has 1 heterocycles. The van der Waals surface area contributed by atoms with E-state index in [9.17, 15) is 29.1 Å². The Morgan fingerprint density at radius 1 is 0.971 bits per heavy atom. The van der Waals surface area contributed by atoms with Crippen molar-refractivity contribution in [2.24, 2.45) is 17.8 Å². The molecule has 196 valence electrons. The molecule has 35 heavy (non-hydrogen) atoms. The first-order chi connectivity index (χ1) is 16.3. The number of carboxylic acid groups (broad SMARTS) is 1. The van der Waals surface area contributed by atoms with Gasteiger partial charge in [0.05, 0.1) is 0 Å². The van der Waals surface area contributed by atoms with E-state index in [1.165, 1.54) is 6.08 Å². The van der Waals surface area contributed by atoms with Crippen LogP contribution in [0.25, 0.3) is 0 Å². The van der Waals surface area contributed by atoms with Crippen LogP contribution in [-0.4, -0.2) is 65.5 Å². The normalized spacial score (nSPS) is 22.7. The van der Waals surface area contributed by atoms with Crippen LogP contribution in [0.3, 0.4) is 0 Å². The van der Waals surface area contributed by atoms with Crippen molar-refractivity contribution in [2.75, 3.05) is 6.54 Å². The summed E-state index contributed by atoms with van der Waals surface area (Å²) in [6.45, 7) is 10.9. The molecule has 4 atom stereocenters. The second-order valence-corrected chi connectivity index (χ2v) is 9.53. The minimum atomic E-state index is -1.18. The van der Waals surface area contributed by atoms with Crippen LogP contribution in [0.15, 0.2) is 24.3 Å². The number of carboxylic acids is 1. The first-order valence-electron chi connectivity index (χ1n) is 11.9. The maximum atomic E-state index is 13.1. The van der Waals surface area contributed by atoms with Gasteiger partial charge in [-0.2, -0.15) is 0 Å². The topological polar surface area (TPSA) is 166 Å². The van der Waals surface area contributed by atoms with E-state index in [-0.39, 0.29) is 23.7 Å². The Hall–Kier alpha value is -3.37. The zero-order valence-electron chi connectivity index (χ0n) is 21.3. The molecule has 0 aromatic heterocycles. The Balaban J connectivity index is 3.01. The van der Waals surface area contributed by atoms with Crippen LogP contribution in [0.1, 0.15) is 48.0 Å². The Bertz CT molecular complexity index is 836. The van der Waals surface area contributed by atoms with Crippen LogP contribution in [0.4, 0.5) is 4.79 Å². The number of nitrogens with one attached hydrogen (secondary N) is 5. The van der Waals surface area contributed by atoms with E-state index < -0.39 is 48.0 Å². The molecule has 6 N–H and O–H groups in total. The van der Waals surface area contributed by atoms with E-state index in [0.29, 0.717) is 13.0 Å². The van der Waals surface area contributed by atoms with Gasteiger partial charge in [0.15, 0.2) is 0 Å². The van der Waals surface area contributed by atoms with Gasteiger partial charge in [-0.15, -0.1) is 0 Å². The molecule has 0 unspecified atom stereocenters. The predicted octanol–water partition coefficient (Wildman–Crippen LogP) is 0.677. The summed E-state index contributed by atoms with van der Waals surface area (Å²) >= 11 is 0. The van der Waals surface area contributed by atoms with Crippen LogP contribution in [0.2, 0.25) is 0 Å². The molecular formula is C24H39N5O6. The highest BCUT2D eigenvalue weighted by Crippen LogP contribution is 2.08. The van der Waals surface area contributed by atoms with E-state index in [4.69, 9.17) is 0 Å². The fraction of sp³-hybridized carbons (Fsp3) is 0.625. The van der Waals surface area contributed by atoms with Crippen molar-refractivity contribution in [3.05, 3.63) is 24.3 Å². The molecule has 1 aliphatic heterocycles. The number of aliphatic carboxylic acids is 1. The third-order valence-electron chi connectivity index (χ3n) is 5.46. The highest BCUT2D eigenvalue weighted by molar-refractivity contribution is 5.94. The number of rotatable bonds is 8. The lowest BCUT2D eigenvalue weighted by atomic mass is 10.0. The SMILES string of the molecule is CC(C)[C@H]1/C=C/C(=O)NCC/C=C/[C@H](NC(=O)[C@H](NC(=O)N[C@@H](C(=O)O)C(C)C)C(C)C)C(=O)N1. The summed E-state index contributed by atoms with van der Waals surface area (Å²) in [6.07, 6.45) is 6.66. The summed E-state index contributed by atoms with van der Waals surface area (Å²) in [4.78, 5) is 61.7. The molecule has 0 saturated heterocycles. The Morgan fingerprint density at radius 2 is 1.57 bits per heavy atom. The molecule has 5 amide bonds. The van der Waals surface area contributed by atoms with Crippen molar-refractivity contribution in [1.29, 1.82) is 0 Å². The number of urea groups is 1. The van der Waals surface area contributed by atoms with Crippen molar-refractivity contribution in [1.82, 2.24) is 26.6 Å². The molecule has 0 radical (unpaired) electrons. The van der Waals surface area contributed by atoms with Crippen molar-refractivity contribution in [3.63, 3.8) is 0 Å². The first kappa shape index (κ1) is 29.7. The molecule has 0 saturated carbocycles. The number of carbonyl (C=O) groups is 5. The van der Waals surface area contributed by atoms with E-state index in [1.807, 2.05) is 13.8 Å². The lowest BCUT2D eigenvalue weighted by molar-refractivity contribution is -0.140. The van der Waals surface area contributed by atoms with Crippen LogP contribution < -0.4 is 26.6 Å². The average molecular weight is 494 g/mol. The van der Waals surface area contributed by atoms with Crippen molar-refractivity contribution in [2.45, 2.75) is 72.1 Å². The zero-order valence-corrected chi connectivity index (χ0v) is 21.3. The van der Waals surface area contributed by atoms with Gasteiger partial charge in [-0.3, -0.25) is 14.4 Å². The van der Waals surface area contributed by atoms with Gasteiger partial charge in [0.2, 0.25) is 17.7 Å². The number of carbonyl (C=O) groups excluding carboxylic acids is 4. The molecule has 11 nitrogen and oxygen atoms in total. The largest absolute Gasteiger partial charge is 0.480 e. The summed E-state index contributed by atoms with van der Waals surface area (Å²) in [5, 5.41) is 22.4. The van der Waals surface area contributed by atoms with E-state index in [0.717, 1.165) is 0 Å². The lowest BCUT2D eigenvalue weighted by Gasteiger charge is -2.27. The van der Waals surface area contributed by atoms with E-state index >= 15 is 0 Å². The third-order valence-corrected chi connectivity index (χ3v) is 5.46. The fourth-order valence-electron chi connectivity index (χ4n) is 3.27. The second kappa shape index (κ2) is 14.1. The van der Waals surface area contributed by atoms with Gasteiger partial charge in [0.1, 0.15) is 18.1 Å². The Labute approximate surface area is 206 Å². The van der Waals surface area contributed by atoms with Gasteiger partial charge in [0, 0.05) is 18.7 Å². The average Bonchev–Trinajstić information content (AvgIpc) is 2.75. The monoisotopic (exact) mass is 493 g/mol. The molecule has 1 rings (SSSR count). The van der Waals surface area contributed by atoms with Gasteiger partial charge < -0.3 is 31.7 Å². The summed E-state index contributed by atoms with van der Waals surface area (Å²) in [5.41, 5.74) is 0. The second-order valence-electron chi connectivity index (χ2n) is 9.53. The van der Waals surface area contributed by atoms with Crippen LogP contribution >= 0.6 is 0 Å². The Morgan fingerprint density at radius 3 is 2.11 bits per heavy atom. The zero-order chi connectivity index (χ0) is 26.7. The highest BCUT2D eigenvalue weighted by atomic mass is 16.4. The van der Waals surface area contributed by atoms with E-state index in [2.05, 4.69) is 26.6 Å². The smallest absolute Gasteiger partial charge is 0.326 e. The summed E-state index contributed by atoms with van der Waals surface area (Å²) in [6, 6.07) is -4.37. The lowest BCUT2D eigenvalue weighted by Crippen LogP contribution is -2.58. The van der Waals surface area contributed by atoms with Crippen LogP contribution in [0.5, 0.6) is 0 Å². The standard InChI is InChI=1S/C24H39N5O6/c1-13(2)16-10-11-18(30)25-12-8-7-9-17(21(31)26-16)27-22(32)19(14(3)4)28-24(35)29-20(15(5)6)23(33)34/h7,9-11,13-17,19-20H,8,12H2,1-6H3,(H,25,30)(H,26,31)(H,27,32)(H,33,34)(H2,28,29,35)/b9-7+,11-10+/t16-,17+,19-,20-/m1/s1. The maximum absolute atomic E-state index is 13.1. The summed E-state index contributed by atoms with van der Waals surface area (Å²) < 4.78 is 0. The van der Waals surface area contributed by atoms with Gasteiger partial charge >= 0.3 is 12.0 Å². The third kappa shape index (κ3) is 10.2. The molecule has 0 bridgehead atoms. The van der Waals surface area contributed by atoms with Crippen LogP contribution in [-0.2, 0) is 19.2 Å². The van der Waals surface area contributed by atoms with Gasteiger partial charge in [-0.25, -0.2) is 9.59 Å².